The van der Waals surface area contributed by atoms with Crippen molar-refractivity contribution in [1.29, 1.82) is 0 Å². The van der Waals surface area contributed by atoms with E-state index in [0.717, 1.165) is 4.47 Å². The lowest BCUT2D eigenvalue weighted by Crippen LogP contribution is -2.27. The Morgan fingerprint density at radius 2 is 2.58 bits per heavy atom. The maximum Gasteiger partial charge on any atom is 0.0860 e. The number of halogens is 1. The van der Waals surface area contributed by atoms with Gasteiger partial charge in [-0.3, -0.25) is 4.68 Å². The fourth-order valence-electron chi connectivity index (χ4n) is 0.954. The van der Waals surface area contributed by atoms with Gasteiger partial charge in [-0.25, -0.2) is 0 Å². The number of hydrogen-bond donors (Lipinski definition) is 2. The Hall–Kier alpha value is -0.390. The van der Waals surface area contributed by atoms with Crippen LogP contribution in [0.3, 0.4) is 0 Å². The fraction of sp³-hybridized carbons (Fsp3) is 0.571. The third kappa shape index (κ3) is 2.92. The van der Waals surface area contributed by atoms with Crippen molar-refractivity contribution in [3.8, 4) is 0 Å². The van der Waals surface area contributed by atoms with Crippen LogP contribution >= 0.6 is 15.9 Å². The molecule has 1 heterocycles. The quantitative estimate of drug-likeness (QED) is 0.783. The van der Waals surface area contributed by atoms with Crippen molar-refractivity contribution in [3.63, 3.8) is 0 Å². The highest BCUT2D eigenvalue weighted by Gasteiger charge is 2.03. The first kappa shape index (κ1) is 9.70. The molecule has 0 aliphatic rings. The Kier molecular flexibility index (Phi) is 3.71. The van der Waals surface area contributed by atoms with Gasteiger partial charge >= 0.3 is 0 Å². The van der Waals surface area contributed by atoms with Crippen LogP contribution < -0.4 is 5.32 Å². The zero-order chi connectivity index (χ0) is 8.97. The van der Waals surface area contributed by atoms with E-state index in [-0.39, 0.29) is 6.10 Å². The van der Waals surface area contributed by atoms with Crippen LogP contribution in [0.15, 0.2) is 16.9 Å². The Balaban J connectivity index is 2.41. The summed E-state index contributed by atoms with van der Waals surface area (Å²) in [7, 11) is 1.81. The second-order valence-electron chi connectivity index (χ2n) is 2.59. The molecule has 0 fully saturated rings. The van der Waals surface area contributed by atoms with E-state index in [1.807, 2.05) is 13.2 Å². The van der Waals surface area contributed by atoms with E-state index in [1.165, 1.54) is 0 Å². The van der Waals surface area contributed by atoms with E-state index < -0.39 is 0 Å². The molecule has 5 heteroatoms. The molecule has 1 aromatic rings. The molecule has 0 aliphatic heterocycles. The van der Waals surface area contributed by atoms with Crippen LogP contribution in [0.1, 0.15) is 0 Å². The van der Waals surface area contributed by atoms with Gasteiger partial charge < -0.3 is 10.4 Å². The normalized spacial score (nSPS) is 13.2. The Bertz CT molecular complexity index is 238. The number of aromatic nitrogens is 2. The topological polar surface area (TPSA) is 50.1 Å². The molecule has 0 aliphatic carbocycles. The molecule has 0 saturated heterocycles. The molecule has 4 nitrogen and oxygen atoms in total. The molecular weight excluding hydrogens is 222 g/mol. The van der Waals surface area contributed by atoms with Crippen LogP contribution in [-0.4, -0.2) is 34.6 Å². The third-order valence-electron chi connectivity index (χ3n) is 1.44. The van der Waals surface area contributed by atoms with Gasteiger partial charge in [-0.15, -0.1) is 0 Å². The van der Waals surface area contributed by atoms with Gasteiger partial charge in [0.05, 0.1) is 23.3 Å². The average molecular weight is 234 g/mol. The predicted molar refractivity (Wildman–Crippen MR) is 49.9 cm³/mol. The van der Waals surface area contributed by atoms with Crippen LogP contribution in [0, 0.1) is 0 Å². The van der Waals surface area contributed by atoms with Crippen molar-refractivity contribution in [2.24, 2.45) is 0 Å². The molecule has 12 heavy (non-hydrogen) atoms. The minimum atomic E-state index is -0.387. The SMILES string of the molecule is CNCC(O)Cn1cc(Br)cn1. The Labute approximate surface area is 79.7 Å². The molecule has 0 saturated carbocycles. The molecule has 1 rings (SSSR count). The number of hydrogen-bond acceptors (Lipinski definition) is 3. The summed E-state index contributed by atoms with van der Waals surface area (Å²) in [4.78, 5) is 0. The van der Waals surface area contributed by atoms with Crippen molar-refractivity contribution < 1.29 is 5.11 Å². The average Bonchev–Trinajstić information content (AvgIpc) is 2.36. The Morgan fingerprint density at radius 3 is 3.08 bits per heavy atom. The van der Waals surface area contributed by atoms with Gasteiger partial charge in [0.25, 0.3) is 0 Å². The molecular formula is C7H12BrN3O. The van der Waals surface area contributed by atoms with Gasteiger partial charge in [-0.1, -0.05) is 0 Å². The predicted octanol–water partition coefficient (Wildman–Crippen LogP) is 0.226. The molecule has 0 bridgehead atoms. The monoisotopic (exact) mass is 233 g/mol. The molecule has 1 atom stereocenters. The van der Waals surface area contributed by atoms with E-state index in [9.17, 15) is 5.11 Å². The summed E-state index contributed by atoms with van der Waals surface area (Å²) < 4.78 is 2.63. The summed E-state index contributed by atoms with van der Waals surface area (Å²) in [6.07, 6.45) is 3.15. The molecule has 0 radical (unpaired) electrons. The Morgan fingerprint density at radius 1 is 1.83 bits per heavy atom. The maximum absolute atomic E-state index is 9.37. The molecule has 1 unspecified atom stereocenters. The summed E-state index contributed by atoms with van der Waals surface area (Å²) in [5, 5.41) is 16.3. The van der Waals surface area contributed by atoms with Gasteiger partial charge in [0.1, 0.15) is 0 Å². The zero-order valence-electron chi connectivity index (χ0n) is 6.87. The largest absolute Gasteiger partial charge is 0.390 e. The highest BCUT2D eigenvalue weighted by Crippen LogP contribution is 2.06. The van der Waals surface area contributed by atoms with Crippen molar-refractivity contribution in [2.75, 3.05) is 13.6 Å². The lowest BCUT2D eigenvalue weighted by molar-refractivity contribution is 0.149. The second-order valence-corrected chi connectivity index (χ2v) is 3.51. The van der Waals surface area contributed by atoms with Crippen LogP contribution in [0.2, 0.25) is 0 Å². The molecule has 68 valence electrons. The van der Waals surface area contributed by atoms with Crippen LogP contribution in [0.5, 0.6) is 0 Å². The van der Waals surface area contributed by atoms with Gasteiger partial charge in [0.2, 0.25) is 0 Å². The number of aliphatic hydroxyl groups excluding tert-OH is 1. The van der Waals surface area contributed by atoms with Gasteiger partial charge in [-0.05, 0) is 23.0 Å². The molecule has 0 amide bonds. The smallest absolute Gasteiger partial charge is 0.0860 e. The lowest BCUT2D eigenvalue weighted by Gasteiger charge is -2.08. The van der Waals surface area contributed by atoms with E-state index >= 15 is 0 Å². The number of nitrogens with zero attached hydrogens (tertiary/aromatic N) is 2. The molecule has 0 aromatic carbocycles. The third-order valence-corrected chi connectivity index (χ3v) is 1.85. The van der Waals surface area contributed by atoms with E-state index in [0.29, 0.717) is 13.1 Å². The van der Waals surface area contributed by atoms with Crippen LogP contribution in [-0.2, 0) is 6.54 Å². The fourth-order valence-corrected chi connectivity index (χ4v) is 1.28. The maximum atomic E-state index is 9.37. The van der Waals surface area contributed by atoms with Crippen LogP contribution in [0.25, 0.3) is 0 Å². The molecule has 1 aromatic heterocycles. The highest BCUT2D eigenvalue weighted by molar-refractivity contribution is 9.10. The first-order valence-corrected chi connectivity index (χ1v) is 4.52. The lowest BCUT2D eigenvalue weighted by atomic mass is 10.3. The van der Waals surface area contributed by atoms with E-state index in [1.54, 1.807) is 10.9 Å². The summed E-state index contributed by atoms with van der Waals surface area (Å²) in [6, 6.07) is 0. The second kappa shape index (κ2) is 4.59. The van der Waals surface area contributed by atoms with Gasteiger partial charge in [0.15, 0.2) is 0 Å². The number of likely N-dealkylation sites (N-methyl/N-ethyl adjacent to an activating group) is 1. The van der Waals surface area contributed by atoms with Crippen molar-refractivity contribution >= 4 is 15.9 Å². The standard InChI is InChI=1S/C7H12BrN3O/c1-9-3-7(12)5-11-4-6(8)2-10-11/h2,4,7,9,12H,3,5H2,1H3. The first-order valence-electron chi connectivity index (χ1n) is 3.73. The van der Waals surface area contributed by atoms with Crippen molar-refractivity contribution in [3.05, 3.63) is 16.9 Å². The minimum Gasteiger partial charge on any atom is -0.390 e. The number of aliphatic hydroxyl groups is 1. The van der Waals surface area contributed by atoms with Crippen molar-refractivity contribution in [2.45, 2.75) is 12.6 Å². The minimum absolute atomic E-state index is 0.387. The van der Waals surface area contributed by atoms with E-state index in [2.05, 4.69) is 26.3 Å². The van der Waals surface area contributed by atoms with Crippen LogP contribution in [0.4, 0.5) is 0 Å². The first-order chi connectivity index (χ1) is 5.72. The molecule has 0 spiro atoms. The summed E-state index contributed by atoms with van der Waals surface area (Å²) in [5.41, 5.74) is 0. The van der Waals surface area contributed by atoms with Gasteiger partial charge in [-0.2, -0.15) is 5.10 Å². The zero-order valence-corrected chi connectivity index (χ0v) is 8.45. The van der Waals surface area contributed by atoms with E-state index in [4.69, 9.17) is 0 Å². The number of rotatable bonds is 4. The molecule has 2 N–H and O–H groups in total. The number of nitrogens with one attached hydrogen (secondary N) is 1. The summed E-state index contributed by atoms with van der Waals surface area (Å²) in [5.74, 6) is 0. The summed E-state index contributed by atoms with van der Waals surface area (Å²) in [6.45, 7) is 1.10. The van der Waals surface area contributed by atoms with Gasteiger partial charge in [0, 0.05) is 12.7 Å². The summed E-state index contributed by atoms with van der Waals surface area (Å²) >= 11 is 3.28. The highest BCUT2D eigenvalue weighted by atomic mass is 79.9. The van der Waals surface area contributed by atoms with Crippen molar-refractivity contribution in [1.82, 2.24) is 15.1 Å².